The number of Topliss-reactive ketones (excluding diaryl/α,β-unsaturated/α-hetero) is 1. The van der Waals surface area contributed by atoms with Crippen LogP contribution in [0.5, 0.6) is 0 Å². The first-order valence-corrected chi connectivity index (χ1v) is 9.82. The molecule has 1 aromatic heterocycles. The summed E-state index contributed by atoms with van der Waals surface area (Å²) in [6.07, 6.45) is 3.71. The molecule has 0 spiro atoms. The number of nitrogens with one attached hydrogen (secondary N) is 1. The average molecular weight is 330 g/mol. The molecule has 1 heterocycles. The molecule has 1 fully saturated rings. The van der Waals surface area contributed by atoms with Gasteiger partial charge in [-0.3, -0.25) is 4.79 Å². The predicted molar refractivity (Wildman–Crippen MR) is 86.9 cm³/mol. The van der Waals surface area contributed by atoms with E-state index in [4.69, 9.17) is 5.73 Å². The summed E-state index contributed by atoms with van der Waals surface area (Å²) in [6, 6.07) is 0. The van der Waals surface area contributed by atoms with Gasteiger partial charge in [0.05, 0.1) is 16.3 Å². The van der Waals surface area contributed by atoms with E-state index in [0.29, 0.717) is 16.4 Å². The van der Waals surface area contributed by atoms with Crippen molar-refractivity contribution in [3.63, 3.8) is 0 Å². The van der Waals surface area contributed by atoms with Crippen molar-refractivity contribution < 1.29 is 13.2 Å². The Bertz CT molecular complexity index is 631. The Hall–Kier alpha value is -1.08. The number of rotatable bonds is 8. The van der Waals surface area contributed by atoms with Gasteiger partial charge in [0.15, 0.2) is 15.6 Å². The molecule has 1 saturated carbocycles. The Balaban J connectivity index is 2.41. The fourth-order valence-corrected chi connectivity index (χ4v) is 4.80. The third-order valence-corrected chi connectivity index (χ3v) is 6.69. The first-order valence-electron chi connectivity index (χ1n) is 7.35. The summed E-state index contributed by atoms with van der Waals surface area (Å²) in [5.41, 5.74) is 6.14. The highest BCUT2D eigenvalue weighted by molar-refractivity contribution is 7.91. The molecular formula is C14H22N2O3S2. The van der Waals surface area contributed by atoms with E-state index in [1.807, 2.05) is 0 Å². The van der Waals surface area contributed by atoms with E-state index in [1.54, 1.807) is 6.92 Å². The second-order valence-corrected chi connectivity index (χ2v) is 8.56. The molecule has 0 aliphatic heterocycles. The largest absolute Gasteiger partial charge is 0.396 e. The minimum absolute atomic E-state index is 0.00593. The van der Waals surface area contributed by atoms with E-state index >= 15 is 0 Å². The van der Waals surface area contributed by atoms with Crippen molar-refractivity contribution in [2.75, 3.05) is 23.3 Å². The maximum Gasteiger partial charge on any atom is 0.183 e. The first kappa shape index (κ1) is 16.3. The zero-order valence-corrected chi connectivity index (χ0v) is 14.1. The smallest absolute Gasteiger partial charge is 0.183 e. The molecule has 0 bridgehead atoms. The second kappa shape index (κ2) is 6.36. The summed E-state index contributed by atoms with van der Waals surface area (Å²) in [7, 11) is -3.44. The number of nitrogens with two attached hydrogens (primary N) is 1. The average Bonchev–Trinajstić information content (AvgIpc) is 3.23. The third kappa shape index (κ3) is 3.40. The second-order valence-electron chi connectivity index (χ2n) is 5.33. The zero-order valence-electron chi connectivity index (χ0n) is 12.4. The molecule has 3 N–H and O–H groups in total. The maximum absolute atomic E-state index is 12.3. The predicted octanol–water partition coefficient (Wildman–Crippen LogP) is 2.93. The van der Waals surface area contributed by atoms with Crippen molar-refractivity contribution in [2.45, 2.75) is 44.4 Å². The molecule has 5 nitrogen and oxygen atoms in total. The quantitative estimate of drug-likeness (QED) is 0.565. The van der Waals surface area contributed by atoms with Crippen LogP contribution in [0, 0.1) is 5.92 Å². The molecular weight excluding hydrogens is 308 g/mol. The molecule has 1 aliphatic carbocycles. The highest BCUT2D eigenvalue weighted by Crippen LogP contribution is 2.44. The number of unbranched alkanes of at least 4 members (excludes halogenated alkanes) is 1. The molecule has 0 saturated heterocycles. The van der Waals surface area contributed by atoms with Gasteiger partial charge in [-0.05, 0) is 19.3 Å². The summed E-state index contributed by atoms with van der Waals surface area (Å²) in [5.74, 6) is 0.00759. The number of hydrogen-bond donors (Lipinski definition) is 2. The molecule has 1 aliphatic rings. The number of nitrogen functional groups attached to an aromatic ring is 1. The topological polar surface area (TPSA) is 89.3 Å². The van der Waals surface area contributed by atoms with Crippen molar-refractivity contribution in [3.8, 4) is 0 Å². The van der Waals surface area contributed by atoms with E-state index in [-0.39, 0.29) is 28.0 Å². The highest BCUT2D eigenvalue weighted by atomic mass is 32.2. The van der Waals surface area contributed by atoms with Gasteiger partial charge in [0, 0.05) is 12.5 Å². The van der Waals surface area contributed by atoms with E-state index < -0.39 is 9.84 Å². The number of hydrogen-bond acceptors (Lipinski definition) is 6. The van der Waals surface area contributed by atoms with Gasteiger partial charge in [0.2, 0.25) is 0 Å². The Morgan fingerprint density at radius 3 is 2.57 bits per heavy atom. The van der Waals surface area contributed by atoms with Gasteiger partial charge in [-0.25, -0.2) is 8.42 Å². The molecule has 21 heavy (non-hydrogen) atoms. The lowest BCUT2D eigenvalue weighted by Gasteiger charge is -2.07. The minimum atomic E-state index is -3.44. The van der Waals surface area contributed by atoms with Gasteiger partial charge in [-0.2, -0.15) is 0 Å². The Labute approximate surface area is 129 Å². The van der Waals surface area contributed by atoms with Gasteiger partial charge >= 0.3 is 0 Å². The van der Waals surface area contributed by atoms with E-state index in [2.05, 4.69) is 12.2 Å². The molecule has 1 aromatic rings. The Morgan fingerprint density at radius 1 is 1.38 bits per heavy atom. The zero-order chi connectivity index (χ0) is 15.6. The summed E-state index contributed by atoms with van der Waals surface area (Å²) < 4.78 is 24.5. The number of carbonyl (C=O) groups is 1. The van der Waals surface area contributed by atoms with E-state index in [1.165, 1.54) is 11.3 Å². The van der Waals surface area contributed by atoms with E-state index in [9.17, 15) is 13.2 Å². The van der Waals surface area contributed by atoms with Crippen molar-refractivity contribution in [3.05, 3.63) is 4.88 Å². The van der Waals surface area contributed by atoms with Crippen LogP contribution in [0.15, 0.2) is 4.90 Å². The van der Waals surface area contributed by atoms with Crippen LogP contribution in [0.25, 0.3) is 0 Å². The Morgan fingerprint density at radius 2 is 2.05 bits per heavy atom. The number of ketones is 1. The van der Waals surface area contributed by atoms with Crippen LogP contribution in [0.2, 0.25) is 0 Å². The Kier molecular flexibility index (Phi) is 4.93. The first-order chi connectivity index (χ1) is 9.92. The molecule has 118 valence electrons. The van der Waals surface area contributed by atoms with Crippen LogP contribution in [0.1, 0.15) is 49.2 Å². The van der Waals surface area contributed by atoms with Crippen LogP contribution in [-0.2, 0) is 9.84 Å². The molecule has 0 aromatic carbocycles. The van der Waals surface area contributed by atoms with Gasteiger partial charge in [-0.1, -0.05) is 20.3 Å². The number of thiophene rings is 1. The minimum Gasteiger partial charge on any atom is -0.396 e. The summed E-state index contributed by atoms with van der Waals surface area (Å²) in [4.78, 5) is 12.8. The van der Waals surface area contributed by atoms with Crippen LogP contribution >= 0.6 is 11.3 Å². The highest BCUT2D eigenvalue weighted by Gasteiger charge is 2.36. The van der Waals surface area contributed by atoms with Gasteiger partial charge in [0.25, 0.3) is 0 Å². The fraction of sp³-hybridized carbons (Fsp3) is 0.643. The molecule has 0 amide bonds. The molecule has 0 radical (unpaired) electrons. The van der Waals surface area contributed by atoms with Gasteiger partial charge in [0.1, 0.15) is 9.90 Å². The summed E-state index contributed by atoms with van der Waals surface area (Å²) >= 11 is 1.19. The molecule has 0 atom stereocenters. The monoisotopic (exact) mass is 330 g/mol. The third-order valence-electron chi connectivity index (χ3n) is 3.58. The van der Waals surface area contributed by atoms with Crippen LogP contribution in [0.4, 0.5) is 10.7 Å². The summed E-state index contributed by atoms with van der Waals surface area (Å²) in [6.45, 7) is 4.33. The number of anilines is 2. The normalized spacial score (nSPS) is 15.1. The lowest BCUT2D eigenvalue weighted by atomic mass is 10.2. The lowest BCUT2D eigenvalue weighted by Crippen LogP contribution is -2.10. The van der Waals surface area contributed by atoms with Crippen LogP contribution in [-0.4, -0.2) is 26.5 Å². The number of carbonyl (C=O) groups excluding carboxylic acids is 1. The van der Waals surface area contributed by atoms with Crippen LogP contribution < -0.4 is 11.1 Å². The van der Waals surface area contributed by atoms with Crippen molar-refractivity contribution in [1.29, 1.82) is 0 Å². The molecule has 2 rings (SSSR count). The lowest BCUT2D eigenvalue weighted by molar-refractivity contribution is 0.0972. The SMILES string of the molecule is CCCCNc1sc(C(=O)C2CC2)c(N)c1S(=O)(=O)CC. The van der Waals surface area contributed by atoms with Gasteiger partial charge in [-0.15, -0.1) is 11.3 Å². The molecule has 7 heteroatoms. The van der Waals surface area contributed by atoms with E-state index in [0.717, 1.165) is 25.7 Å². The van der Waals surface area contributed by atoms with Crippen LogP contribution in [0.3, 0.4) is 0 Å². The number of sulfone groups is 1. The molecule has 0 unspecified atom stereocenters. The summed E-state index contributed by atoms with van der Waals surface area (Å²) in [5, 5.41) is 3.66. The van der Waals surface area contributed by atoms with Gasteiger partial charge < -0.3 is 11.1 Å². The fourth-order valence-electron chi connectivity index (χ4n) is 2.09. The van der Waals surface area contributed by atoms with Crippen molar-refractivity contribution in [2.24, 2.45) is 5.92 Å². The van der Waals surface area contributed by atoms with Crippen molar-refractivity contribution in [1.82, 2.24) is 0 Å². The maximum atomic E-state index is 12.3. The standard InChI is InChI=1S/C14H22N2O3S2/c1-3-5-8-16-14-13(21(18,19)4-2)10(15)12(20-14)11(17)9-6-7-9/h9,16H,3-8,15H2,1-2H3. The van der Waals surface area contributed by atoms with Crippen molar-refractivity contribution >= 4 is 37.6 Å².